The zero-order valence-corrected chi connectivity index (χ0v) is 15.2. The fourth-order valence-corrected chi connectivity index (χ4v) is 3.39. The van der Waals surface area contributed by atoms with Gasteiger partial charge in [-0.2, -0.15) is 0 Å². The molecule has 3 nitrogen and oxygen atoms in total. The molecule has 2 aromatic rings. The van der Waals surface area contributed by atoms with Crippen LogP contribution in [0.2, 0.25) is 5.02 Å². The van der Waals surface area contributed by atoms with Crippen LogP contribution < -0.4 is 15.4 Å². The highest BCUT2D eigenvalue weighted by Crippen LogP contribution is 2.32. The molecule has 0 heterocycles. The molecule has 0 fully saturated rings. The van der Waals surface area contributed by atoms with E-state index in [1.165, 1.54) is 11.1 Å². The Balaban J connectivity index is 1.62. The molecule has 0 spiro atoms. The SMILES string of the molecule is COc1ccc2c(c1)C(NC(=S)NCc1ccc(Cl)cc1)CCC2. The Bertz CT molecular complexity index is 718. The number of fused-ring (bicyclic) bond motifs is 1. The van der Waals surface area contributed by atoms with Crippen molar-refractivity contribution < 1.29 is 4.74 Å². The summed E-state index contributed by atoms with van der Waals surface area (Å²) in [6, 6.07) is 14.3. The summed E-state index contributed by atoms with van der Waals surface area (Å²) < 4.78 is 5.36. The second kappa shape index (κ2) is 7.86. The summed E-state index contributed by atoms with van der Waals surface area (Å²) in [4.78, 5) is 0. The van der Waals surface area contributed by atoms with E-state index in [1.807, 2.05) is 30.3 Å². The molecule has 2 aromatic carbocycles. The van der Waals surface area contributed by atoms with Gasteiger partial charge in [0, 0.05) is 11.6 Å². The second-order valence-corrected chi connectivity index (χ2v) is 6.81. The fraction of sp³-hybridized carbons (Fsp3) is 0.316. The number of halogens is 1. The maximum absolute atomic E-state index is 5.91. The van der Waals surface area contributed by atoms with Crippen LogP contribution in [0.15, 0.2) is 42.5 Å². The van der Waals surface area contributed by atoms with Crippen molar-refractivity contribution in [2.45, 2.75) is 31.8 Å². The third-order valence-electron chi connectivity index (χ3n) is 4.34. The van der Waals surface area contributed by atoms with E-state index in [4.69, 9.17) is 28.6 Å². The highest BCUT2D eigenvalue weighted by Gasteiger charge is 2.21. The predicted octanol–water partition coefficient (Wildman–Crippen LogP) is 4.39. The lowest BCUT2D eigenvalue weighted by molar-refractivity contribution is 0.411. The van der Waals surface area contributed by atoms with E-state index >= 15 is 0 Å². The van der Waals surface area contributed by atoms with Gasteiger partial charge in [0.1, 0.15) is 5.75 Å². The molecule has 126 valence electrons. The van der Waals surface area contributed by atoms with Gasteiger partial charge in [-0.05, 0) is 72.4 Å². The monoisotopic (exact) mass is 360 g/mol. The van der Waals surface area contributed by atoms with Crippen LogP contribution in [-0.2, 0) is 13.0 Å². The third kappa shape index (κ3) is 4.19. The molecule has 0 aliphatic heterocycles. The Kier molecular flexibility index (Phi) is 5.59. The number of thiocarbonyl (C=S) groups is 1. The quantitative estimate of drug-likeness (QED) is 0.792. The zero-order chi connectivity index (χ0) is 16.9. The zero-order valence-electron chi connectivity index (χ0n) is 13.6. The largest absolute Gasteiger partial charge is 0.497 e. The smallest absolute Gasteiger partial charge is 0.167 e. The maximum atomic E-state index is 5.91. The first-order valence-electron chi connectivity index (χ1n) is 8.11. The normalized spacial score (nSPS) is 16.2. The average Bonchev–Trinajstić information content (AvgIpc) is 2.61. The molecule has 0 saturated carbocycles. The average molecular weight is 361 g/mol. The van der Waals surface area contributed by atoms with Crippen LogP contribution in [-0.4, -0.2) is 12.2 Å². The first-order chi connectivity index (χ1) is 11.7. The van der Waals surface area contributed by atoms with Gasteiger partial charge in [-0.15, -0.1) is 0 Å². The molecule has 1 aliphatic carbocycles. The standard InChI is InChI=1S/C19H21ClN2OS/c1-23-16-10-7-14-3-2-4-18(17(14)11-16)22-19(24)21-12-13-5-8-15(20)9-6-13/h5-11,18H,2-4,12H2,1H3,(H2,21,22,24). The van der Waals surface area contributed by atoms with Crippen molar-refractivity contribution in [2.24, 2.45) is 0 Å². The van der Waals surface area contributed by atoms with Gasteiger partial charge in [-0.25, -0.2) is 0 Å². The van der Waals surface area contributed by atoms with Crippen molar-refractivity contribution in [3.8, 4) is 5.75 Å². The molecule has 3 rings (SSSR count). The van der Waals surface area contributed by atoms with Crippen molar-refractivity contribution in [2.75, 3.05) is 7.11 Å². The van der Waals surface area contributed by atoms with E-state index in [2.05, 4.69) is 22.8 Å². The van der Waals surface area contributed by atoms with E-state index in [-0.39, 0.29) is 6.04 Å². The highest BCUT2D eigenvalue weighted by atomic mass is 35.5. The van der Waals surface area contributed by atoms with Gasteiger partial charge < -0.3 is 15.4 Å². The molecule has 1 aliphatic rings. The van der Waals surface area contributed by atoms with E-state index < -0.39 is 0 Å². The van der Waals surface area contributed by atoms with Crippen molar-refractivity contribution >= 4 is 28.9 Å². The number of methoxy groups -OCH3 is 1. The summed E-state index contributed by atoms with van der Waals surface area (Å²) in [7, 11) is 1.70. The minimum absolute atomic E-state index is 0.231. The summed E-state index contributed by atoms with van der Waals surface area (Å²) in [5.41, 5.74) is 3.81. The summed E-state index contributed by atoms with van der Waals surface area (Å²) in [5, 5.41) is 8.13. The Morgan fingerprint density at radius 2 is 2.04 bits per heavy atom. The van der Waals surface area contributed by atoms with Gasteiger partial charge in [-0.3, -0.25) is 0 Å². The molecule has 0 aromatic heterocycles. The minimum Gasteiger partial charge on any atom is -0.497 e. The molecule has 0 amide bonds. The number of rotatable bonds is 4. The van der Waals surface area contributed by atoms with Gasteiger partial charge >= 0.3 is 0 Å². The molecular weight excluding hydrogens is 340 g/mol. The minimum atomic E-state index is 0.231. The predicted molar refractivity (Wildman–Crippen MR) is 103 cm³/mol. The van der Waals surface area contributed by atoms with E-state index in [9.17, 15) is 0 Å². The first kappa shape index (κ1) is 17.1. The summed E-state index contributed by atoms with van der Waals surface area (Å²) in [6.07, 6.45) is 3.35. The summed E-state index contributed by atoms with van der Waals surface area (Å²) in [5.74, 6) is 0.891. The van der Waals surface area contributed by atoms with Crippen LogP contribution >= 0.6 is 23.8 Å². The van der Waals surface area contributed by atoms with Crippen molar-refractivity contribution in [1.29, 1.82) is 0 Å². The maximum Gasteiger partial charge on any atom is 0.167 e. The molecule has 0 saturated heterocycles. The lowest BCUT2D eigenvalue weighted by atomic mass is 9.87. The number of aryl methyl sites for hydroxylation is 1. The lowest BCUT2D eigenvalue weighted by Crippen LogP contribution is -2.38. The fourth-order valence-electron chi connectivity index (χ4n) is 3.05. The lowest BCUT2D eigenvalue weighted by Gasteiger charge is -2.28. The van der Waals surface area contributed by atoms with Gasteiger partial charge in [0.25, 0.3) is 0 Å². The van der Waals surface area contributed by atoms with Crippen LogP contribution in [0.4, 0.5) is 0 Å². The van der Waals surface area contributed by atoms with Crippen LogP contribution in [0.1, 0.15) is 35.6 Å². The van der Waals surface area contributed by atoms with Gasteiger partial charge in [-0.1, -0.05) is 29.8 Å². The van der Waals surface area contributed by atoms with Crippen molar-refractivity contribution in [3.63, 3.8) is 0 Å². The topological polar surface area (TPSA) is 33.3 Å². The van der Waals surface area contributed by atoms with E-state index in [1.54, 1.807) is 7.11 Å². The first-order valence-corrected chi connectivity index (χ1v) is 8.90. The van der Waals surface area contributed by atoms with Crippen LogP contribution in [0.5, 0.6) is 5.75 Å². The Morgan fingerprint density at radius 3 is 2.79 bits per heavy atom. The van der Waals surface area contributed by atoms with E-state index in [0.717, 1.165) is 35.6 Å². The number of benzene rings is 2. The van der Waals surface area contributed by atoms with E-state index in [0.29, 0.717) is 11.7 Å². The van der Waals surface area contributed by atoms with Gasteiger partial charge in [0.05, 0.1) is 13.2 Å². The molecule has 0 radical (unpaired) electrons. The molecule has 1 unspecified atom stereocenters. The number of nitrogens with one attached hydrogen (secondary N) is 2. The van der Waals surface area contributed by atoms with Crippen LogP contribution in [0, 0.1) is 0 Å². The molecule has 24 heavy (non-hydrogen) atoms. The third-order valence-corrected chi connectivity index (χ3v) is 4.85. The van der Waals surface area contributed by atoms with Crippen molar-refractivity contribution in [3.05, 3.63) is 64.2 Å². The Hall–Kier alpha value is -1.78. The number of ether oxygens (including phenoxy) is 1. The molecule has 5 heteroatoms. The molecule has 0 bridgehead atoms. The van der Waals surface area contributed by atoms with Gasteiger partial charge in [0.2, 0.25) is 0 Å². The summed E-state index contributed by atoms with van der Waals surface area (Å²) >= 11 is 11.4. The Morgan fingerprint density at radius 1 is 1.25 bits per heavy atom. The Labute approximate surface area is 153 Å². The highest BCUT2D eigenvalue weighted by molar-refractivity contribution is 7.80. The van der Waals surface area contributed by atoms with Crippen LogP contribution in [0.3, 0.4) is 0 Å². The molecular formula is C19H21ClN2OS. The molecule has 1 atom stereocenters. The summed E-state index contributed by atoms with van der Waals surface area (Å²) in [6.45, 7) is 0.681. The second-order valence-electron chi connectivity index (χ2n) is 5.96. The van der Waals surface area contributed by atoms with Crippen LogP contribution in [0.25, 0.3) is 0 Å². The molecule has 2 N–H and O–H groups in total. The number of hydrogen-bond acceptors (Lipinski definition) is 2. The van der Waals surface area contributed by atoms with Gasteiger partial charge in [0.15, 0.2) is 5.11 Å². The van der Waals surface area contributed by atoms with Crippen molar-refractivity contribution in [1.82, 2.24) is 10.6 Å². The number of hydrogen-bond donors (Lipinski definition) is 2.